The standard InChI is InChI=1S/C20H37N3O2.ClH/c1-16(23-19(24)15-17-9-5-4-6-10-17)20(25)22-14-13-21-18-11-7-2-3-8-12-18;/h16-18,21H,2-15H2,1H3,(H,22,25)(H,23,24);1H. The summed E-state index contributed by atoms with van der Waals surface area (Å²) in [4.78, 5) is 24.2. The van der Waals surface area contributed by atoms with Gasteiger partial charge in [0.05, 0.1) is 0 Å². The number of rotatable bonds is 8. The normalized spacial score (nSPS) is 20.5. The Balaban J connectivity index is 0.00000338. The zero-order valence-electron chi connectivity index (χ0n) is 16.4. The average Bonchev–Trinajstić information content (AvgIpc) is 2.88. The van der Waals surface area contributed by atoms with E-state index in [0.717, 1.165) is 19.4 Å². The number of carbonyl (C=O) groups is 2. The number of halogens is 1. The van der Waals surface area contributed by atoms with Crippen molar-refractivity contribution < 1.29 is 9.59 Å². The molecule has 2 aliphatic rings. The molecule has 3 N–H and O–H groups in total. The third-order valence-corrected chi connectivity index (χ3v) is 5.68. The topological polar surface area (TPSA) is 70.2 Å². The second kappa shape index (κ2) is 13.4. The van der Waals surface area contributed by atoms with Crippen molar-refractivity contribution in [3.8, 4) is 0 Å². The van der Waals surface area contributed by atoms with Gasteiger partial charge in [-0.2, -0.15) is 0 Å². The van der Waals surface area contributed by atoms with Crippen LogP contribution in [0, 0.1) is 5.92 Å². The first-order valence-electron chi connectivity index (χ1n) is 10.5. The molecule has 2 rings (SSSR count). The summed E-state index contributed by atoms with van der Waals surface area (Å²) in [5.41, 5.74) is 0. The third-order valence-electron chi connectivity index (χ3n) is 5.68. The van der Waals surface area contributed by atoms with Crippen molar-refractivity contribution in [2.45, 2.75) is 96.1 Å². The average molecular weight is 388 g/mol. The first-order chi connectivity index (χ1) is 12.1. The van der Waals surface area contributed by atoms with Crippen LogP contribution in [-0.4, -0.2) is 37.0 Å². The Labute approximate surface area is 165 Å². The number of hydrogen-bond acceptors (Lipinski definition) is 3. The van der Waals surface area contributed by atoms with E-state index in [1.165, 1.54) is 57.8 Å². The highest BCUT2D eigenvalue weighted by Crippen LogP contribution is 2.26. The predicted molar refractivity (Wildman–Crippen MR) is 109 cm³/mol. The summed E-state index contributed by atoms with van der Waals surface area (Å²) in [5.74, 6) is 0.443. The van der Waals surface area contributed by atoms with Gasteiger partial charge in [0.2, 0.25) is 11.8 Å². The van der Waals surface area contributed by atoms with Gasteiger partial charge < -0.3 is 16.0 Å². The van der Waals surface area contributed by atoms with Gasteiger partial charge in [0.25, 0.3) is 0 Å². The first kappa shape index (κ1) is 23.2. The largest absolute Gasteiger partial charge is 0.353 e. The Hall–Kier alpha value is -0.810. The lowest BCUT2D eigenvalue weighted by Crippen LogP contribution is -2.47. The van der Waals surface area contributed by atoms with Crippen LogP contribution in [0.15, 0.2) is 0 Å². The Morgan fingerprint density at radius 3 is 2.12 bits per heavy atom. The predicted octanol–water partition coefficient (Wildman–Crippen LogP) is 3.31. The zero-order valence-corrected chi connectivity index (χ0v) is 17.2. The second-order valence-corrected chi connectivity index (χ2v) is 7.93. The maximum atomic E-state index is 12.1. The van der Waals surface area contributed by atoms with E-state index in [1.54, 1.807) is 6.92 Å². The highest BCUT2D eigenvalue weighted by atomic mass is 35.5. The van der Waals surface area contributed by atoms with E-state index in [0.29, 0.717) is 24.9 Å². The second-order valence-electron chi connectivity index (χ2n) is 7.93. The van der Waals surface area contributed by atoms with Crippen LogP contribution in [0.25, 0.3) is 0 Å². The maximum Gasteiger partial charge on any atom is 0.242 e. The van der Waals surface area contributed by atoms with Gasteiger partial charge in [0, 0.05) is 25.6 Å². The molecule has 26 heavy (non-hydrogen) atoms. The molecule has 0 aromatic rings. The van der Waals surface area contributed by atoms with E-state index >= 15 is 0 Å². The van der Waals surface area contributed by atoms with Crippen LogP contribution in [0.2, 0.25) is 0 Å². The van der Waals surface area contributed by atoms with Crippen molar-refractivity contribution in [3.63, 3.8) is 0 Å². The molecule has 6 heteroatoms. The molecular weight excluding hydrogens is 350 g/mol. The lowest BCUT2D eigenvalue weighted by molar-refractivity contribution is -0.129. The summed E-state index contributed by atoms with van der Waals surface area (Å²) in [6.07, 6.45) is 14.5. The lowest BCUT2D eigenvalue weighted by atomic mass is 9.87. The van der Waals surface area contributed by atoms with E-state index in [-0.39, 0.29) is 24.2 Å². The van der Waals surface area contributed by atoms with Crippen molar-refractivity contribution >= 4 is 24.2 Å². The highest BCUT2D eigenvalue weighted by molar-refractivity contribution is 5.87. The van der Waals surface area contributed by atoms with Gasteiger partial charge in [0.1, 0.15) is 6.04 Å². The summed E-state index contributed by atoms with van der Waals surface area (Å²) in [6.45, 7) is 3.20. The highest BCUT2D eigenvalue weighted by Gasteiger charge is 2.20. The van der Waals surface area contributed by atoms with Gasteiger partial charge in [-0.3, -0.25) is 9.59 Å². The molecular formula is C20H38ClN3O2. The number of nitrogens with one attached hydrogen (secondary N) is 3. The van der Waals surface area contributed by atoms with Crippen molar-refractivity contribution in [1.82, 2.24) is 16.0 Å². The van der Waals surface area contributed by atoms with Crippen molar-refractivity contribution in [3.05, 3.63) is 0 Å². The van der Waals surface area contributed by atoms with Gasteiger partial charge in [0.15, 0.2) is 0 Å². The van der Waals surface area contributed by atoms with Crippen LogP contribution in [0.1, 0.15) is 84.0 Å². The fourth-order valence-corrected chi connectivity index (χ4v) is 4.12. The summed E-state index contributed by atoms with van der Waals surface area (Å²) in [5, 5.41) is 9.33. The molecule has 0 spiro atoms. The summed E-state index contributed by atoms with van der Waals surface area (Å²) in [7, 11) is 0. The van der Waals surface area contributed by atoms with Gasteiger partial charge in [-0.1, -0.05) is 44.9 Å². The van der Waals surface area contributed by atoms with Crippen LogP contribution >= 0.6 is 12.4 Å². The number of amides is 2. The van der Waals surface area contributed by atoms with Crippen LogP contribution in [0.3, 0.4) is 0 Å². The summed E-state index contributed by atoms with van der Waals surface area (Å²) in [6, 6.07) is 0.154. The van der Waals surface area contributed by atoms with E-state index in [9.17, 15) is 9.59 Å². The Kier molecular flexibility index (Phi) is 11.9. The number of carbonyl (C=O) groups excluding carboxylic acids is 2. The Morgan fingerprint density at radius 1 is 0.885 bits per heavy atom. The minimum Gasteiger partial charge on any atom is -0.353 e. The van der Waals surface area contributed by atoms with Crippen LogP contribution < -0.4 is 16.0 Å². The first-order valence-corrected chi connectivity index (χ1v) is 10.5. The molecule has 0 bridgehead atoms. The molecule has 0 heterocycles. The Bertz CT molecular complexity index is 406. The molecule has 152 valence electrons. The van der Waals surface area contributed by atoms with Crippen molar-refractivity contribution in [1.29, 1.82) is 0 Å². The molecule has 2 aliphatic carbocycles. The molecule has 0 radical (unpaired) electrons. The summed E-state index contributed by atoms with van der Waals surface area (Å²) < 4.78 is 0. The van der Waals surface area contributed by atoms with E-state index in [4.69, 9.17) is 0 Å². The van der Waals surface area contributed by atoms with Crippen LogP contribution in [0.5, 0.6) is 0 Å². The van der Waals surface area contributed by atoms with Crippen molar-refractivity contribution in [2.75, 3.05) is 13.1 Å². The molecule has 1 atom stereocenters. The minimum atomic E-state index is -0.450. The molecule has 2 fully saturated rings. The van der Waals surface area contributed by atoms with Crippen LogP contribution in [0.4, 0.5) is 0 Å². The molecule has 0 aliphatic heterocycles. The molecule has 0 aromatic heterocycles. The number of hydrogen-bond donors (Lipinski definition) is 3. The van der Waals surface area contributed by atoms with E-state index in [1.807, 2.05) is 0 Å². The van der Waals surface area contributed by atoms with Crippen LogP contribution in [-0.2, 0) is 9.59 Å². The Morgan fingerprint density at radius 2 is 1.46 bits per heavy atom. The molecule has 1 unspecified atom stereocenters. The SMILES string of the molecule is CC(NC(=O)CC1CCCCC1)C(=O)NCCNC1CCCCCC1.Cl. The molecule has 5 nitrogen and oxygen atoms in total. The van der Waals surface area contributed by atoms with Gasteiger partial charge in [-0.15, -0.1) is 12.4 Å². The van der Waals surface area contributed by atoms with Crippen molar-refractivity contribution in [2.24, 2.45) is 5.92 Å². The molecule has 0 saturated heterocycles. The minimum absolute atomic E-state index is 0. The van der Waals surface area contributed by atoms with E-state index < -0.39 is 6.04 Å². The molecule has 0 aromatic carbocycles. The van der Waals surface area contributed by atoms with Gasteiger partial charge in [-0.05, 0) is 38.5 Å². The quantitative estimate of drug-likeness (QED) is 0.442. The third kappa shape index (κ3) is 9.22. The fraction of sp³-hybridized carbons (Fsp3) is 0.900. The molecule has 2 amide bonds. The van der Waals surface area contributed by atoms with Gasteiger partial charge >= 0.3 is 0 Å². The maximum absolute atomic E-state index is 12.1. The summed E-state index contributed by atoms with van der Waals surface area (Å²) >= 11 is 0. The lowest BCUT2D eigenvalue weighted by Gasteiger charge is -2.22. The molecule has 2 saturated carbocycles. The van der Waals surface area contributed by atoms with Gasteiger partial charge in [-0.25, -0.2) is 0 Å². The van der Waals surface area contributed by atoms with E-state index in [2.05, 4.69) is 16.0 Å². The monoisotopic (exact) mass is 387 g/mol. The fourth-order valence-electron chi connectivity index (χ4n) is 4.12. The zero-order chi connectivity index (χ0) is 17.9. The smallest absolute Gasteiger partial charge is 0.242 e.